The van der Waals surface area contributed by atoms with E-state index in [1.807, 2.05) is 27.7 Å². The molecule has 0 aromatic carbocycles. The first-order chi connectivity index (χ1) is 8.33. The molecule has 0 aromatic rings. The van der Waals surface area contributed by atoms with Crippen LogP contribution in [0.5, 0.6) is 0 Å². The summed E-state index contributed by atoms with van der Waals surface area (Å²) < 4.78 is 9.57. The Morgan fingerprint density at radius 3 is 1.89 bits per heavy atom. The van der Waals surface area contributed by atoms with Crippen molar-refractivity contribution in [2.24, 2.45) is 17.3 Å². The summed E-state index contributed by atoms with van der Waals surface area (Å²) in [5.41, 5.74) is 3.42. The Morgan fingerprint density at radius 1 is 1.17 bits per heavy atom. The summed E-state index contributed by atoms with van der Waals surface area (Å²) in [6.07, 6.45) is 0. The second-order valence-electron chi connectivity index (χ2n) is 5.05. The molecular formula is C14H20O4. The van der Waals surface area contributed by atoms with Crippen molar-refractivity contribution < 1.29 is 19.1 Å². The Bertz CT molecular complexity index is 419. The highest BCUT2D eigenvalue weighted by Gasteiger charge is 2.73. The standard InChI is InChI=1S/C14H20O4/c1-8(2)7-10-11(9(3)4)14(10,12(15)17-5)13(16)18-6/h9,11H,1-6H3. The van der Waals surface area contributed by atoms with Crippen molar-refractivity contribution in [3.05, 3.63) is 16.9 Å². The van der Waals surface area contributed by atoms with E-state index in [1.54, 1.807) is 0 Å². The molecule has 1 atom stereocenters. The summed E-state index contributed by atoms with van der Waals surface area (Å²) >= 11 is 0. The molecule has 0 spiro atoms. The zero-order chi connectivity index (χ0) is 14.1. The van der Waals surface area contributed by atoms with Gasteiger partial charge >= 0.3 is 11.9 Å². The van der Waals surface area contributed by atoms with Crippen LogP contribution in [0, 0.1) is 17.3 Å². The Morgan fingerprint density at radius 2 is 1.61 bits per heavy atom. The third-order valence-corrected chi connectivity index (χ3v) is 3.19. The number of carbonyl (C=O) groups excluding carboxylic acids is 2. The molecule has 0 saturated heterocycles. The van der Waals surface area contributed by atoms with Crippen LogP contribution in [0.1, 0.15) is 27.7 Å². The molecule has 0 aromatic heterocycles. The highest BCUT2D eigenvalue weighted by atomic mass is 16.5. The van der Waals surface area contributed by atoms with Crippen LogP contribution in [0.2, 0.25) is 0 Å². The van der Waals surface area contributed by atoms with Crippen LogP contribution >= 0.6 is 0 Å². The zero-order valence-corrected chi connectivity index (χ0v) is 11.8. The van der Waals surface area contributed by atoms with Crippen molar-refractivity contribution in [2.45, 2.75) is 27.7 Å². The van der Waals surface area contributed by atoms with Crippen molar-refractivity contribution >= 4 is 11.9 Å². The van der Waals surface area contributed by atoms with Crippen LogP contribution in [-0.4, -0.2) is 26.2 Å². The summed E-state index contributed by atoms with van der Waals surface area (Å²) in [6, 6.07) is 0. The van der Waals surface area contributed by atoms with Gasteiger partial charge in [0, 0.05) is 11.5 Å². The molecule has 4 heteroatoms. The smallest absolute Gasteiger partial charge is 0.328 e. The Labute approximate surface area is 108 Å². The van der Waals surface area contributed by atoms with Crippen LogP contribution in [0.4, 0.5) is 0 Å². The minimum Gasteiger partial charge on any atom is -0.468 e. The Balaban J connectivity index is 3.41. The van der Waals surface area contributed by atoms with Gasteiger partial charge in [-0.1, -0.05) is 13.8 Å². The molecule has 1 aliphatic rings. The molecule has 0 bridgehead atoms. The first-order valence-corrected chi connectivity index (χ1v) is 5.95. The van der Waals surface area contributed by atoms with Gasteiger partial charge in [-0.2, -0.15) is 0 Å². The van der Waals surface area contributed by atoms with Crippen molar-refractivity contribution in [2.75, 3.05) is 14.2 Å². The first kappa shape index (κ1) is 14.5. The quantitative estimate of drug-likeness (QED) is 0.438. The van der Waals surface area contributed by atoms with Crippen LogP contribution in [0.25, 0.3) is 0 Å². The van der Waals surface area contributed by atoms with Crippen LogP contribution in [-0.2, 0) is 19.1 Å². The molecule has 1 saturated carbocycles. The average Bonchev–Trinajstić information content (AvgIpc) is 2.95. The van der Waals surface area contributed by atoms with Crippen LogP contribution in [0.15, 0.2) is 16.9 Å². The third kappa shape index (κ3) is 1.97. The molecule has 0 radical (unpaired) electrons. The fourth-order valence-corrected chi connectivity index (χ4v) is 2.51. The number of hydrogen-bond donors (Lipinski definition) is 0. The van der Waals surface area contributed by atoms with Crippen LogP contribution < -0.4 is 0 Å². The number of methoxy groups -OCH3 is 2. The minimum absolute atomic E-state index is 0.144. The Hall–Kier alpha value is -1.54. The molecule has 100 valence electrons. The number of rotatable bonds is 3. The maximum absolute atomic E-state index is 12.0. The topological polar surface area (TPSA) is 52.6 Å². The molecule has 1 fully saturated rings. The van der Waals surface area contributed by atoms with Crippen LogP contribution in [0.3, 0.4) is 0 Å². The van der Waals surface area contributed by atoms with Crippen molar-refractivity contribution in [3.8, 4) is 0 Å². The molecule has 18 heavy (non-hydrogen) atoms. The van der Waals surface area contributed by atoms with E-state index in [0.29, 0.717) is 5.57 Å². The fourth-order valence-electron chi connectivity index (χ4n) is 2.51. The third-order valence-electron chi connectivity index (χ3n) is 3.19. The van der Waals surface area contributed by atoms with Gasteiger partial charge in [-0.15, -0.1) is 5.73 Å². The minimum atomic E-state index is -1.28. The zero-order valence-electron chi connectivity index (χ0n) is 11.8. The van der Waals surface area contributed by atoms with E-state index in [1.165, 1.54) is 14.2 Å². The monoisotopic (exact) mass is 252 g/mol. The Kier molecular flexibility index (Phi) is 4.02. The van der Waals surface area contributed by atoms with E-state index >= 15 is 0 Å². The van der Waals surface area contributed by atoms with E-state index in [9.17, 15) is 9.59 Å². The van der Waals surface area contributed by atoms with Crippen molar-refractivity contribution in [1.82, 2.24) is 0 Å². The predicted octanol–water partition coefficient (Wildman–Crippen LogP) is 2.10. The van der Waals surface area contributed by atoms with Gasteiger partial charge in [0.2, 0.25) is 5.41 Å². The van der Waals surface area contributed by atoms with Gasteiger partial charge in [0.1, 0.15) is 0 Å². The molecule has 0 heterocycles. The molecule has 0 amide bonds. The number of hydrogen-bond acceptors (Lipinski definition) is 4. The summed E-state index contributed by atoms with van der Waals surface area (Å²) in [4.78, 5) is 24.0. The van der Waals surface area contributed by atoms with Gasteiger partial charge in [-0.25, -0.2) is 0 Å². The lowest BCUT2D eigenvalue weighted by Gasteiger charge is -2.12. The maximum Gasteiger partial charge on any atom is 0.328 e. The van der Waals surface area contributed by atoms with E-state index in [4.69, 9.17) is 9.47 Å². The van der Waals surface area contributed by atoms with E-state index in [2.05, 4.69) is 5.73 Å². The molecule has 4 nitrogen and oxygen atoms in total. The molecular weight excluding hydrogens is 232 g/mol. The van der Waals surface area contributed by atoms with Gasteiger partial charge in [0.15, 0.2) is 0 Å². The lowest BCUT2D eigenvalue weighted by atomic mass is 9.97. The molecule has 1 unspecified atom stereocenters. The van der Waals surface area contributed by atoms with Gasteiger partial charge < -0.3 is 9.47 Å². The second kappa shape index (κ2) is 4.99. The summed E-state index contributed by atoms with van der Waals surface area (Å²) in [5, 5.41) is 0. The van der Waals surface area contributed by atoms with E-state index < -0.39 is 17.4 Å². The maximum atomic E-state index is 12.0. The number of esters is 2. The molecule has 0 aliphatic heterocycles. The largest absolute Gasteiger partial charge is 0.468 e. The highest BCUT2D eigenvalue weighted by Crippen LogP contribution is 2.62. The number of ether oxygens (including phenoxy) is 2. The van der Waals surface area contributed by atoms with Gasteiger partial charge in [0.25, 0.3) is 0 Å². The molecule has 0 N–H and O–H groups in total. The SMILES string of the molecule is COC(=O)C1(C(=O)OC)C(=C=C(C)C)C1C(C)C. The summed E-state index contributed by atoms with van der Waals surface area (Å²) in [5.74, 6) is -1.16. The van der Waals surface area contributed by atoms with Crippen molar-refractivity contribution in [1.29, 1.82) is 0 Å². The van der Waals surface area contributed by atoms with Gasteiger partial charge in [-0.05, 0) is 25.3 Å². The first-order valence-electron chi connectivity index (χ1n) is 5.95. The number of carbonyl (C=O) groups is 2. The van der Waals surface area contributed by atoms with Gasteiger partial charge in [-0.3, -0.25) is 9.59 Å². The lowest BCUT2D eigenvalue weighted by Crippen LogP contribution is -2.31. The predicted molar refractivity (Wildman–Crippen MR) is 66.7 cm³/mol. The second-order valence-corrected chi connectivity index (χ2v) is 5.05. The fraction of sp³-hybridized carbons (Fsp3) is 0.643. The summed E-state index contributed by atoms with van der Waals surface area (Å²) in [6.45, 7) is 7.68. The molecule has 1 aliphatic carbocycles. The average molecular weight is 252 g/mol. The highest BCUT2D eigenvalue weighted by molar-refractivity contribution is 6.09. The van der Waals surface area contributed by atoms with Crippen molar-refractivity contribution in [3.63, 3.8) is 0 Å². The normalized spacial score (nSPS) is 20.2. The van der Waals surface area contributed by atoms with E-state index in [0.717, 1.165) is 5.57 Å². The summed E-state index contributed by atoms with van der Waals surface area (Å²) in [7, 11) is 2.56. The lowest BCUT2D eigenvalue weighted by molar-refractivity contribution is -0.161. The molecule has 1 rings (SSSR count). The van der Waals surface area contributed by atoms with Gasteiger partial charge in [0.05, 0.1) is 14.2 Å². The van der Waals surface area contributed by atoms with E-state index in [-0.39, 0.29) is 11.8 Å².